The third-order valence-corrected chi connectivity index (χ3v) is 9.35. The molecule has 3 aliphatic rings. The predicted molar refractivity (Wildman–Crippen MR) is 151 cm³/mol. The SMILES string of the molecule is CC(C)c1ccc(N2C[C@@H](CS(C)(=O)=O)[C@@H]2C)c2cnc(Nc3ccnc(N4CC[C@@H]5C[C@H]4CO5)n3)cc12. The molecule has 1 N–H and O–H groups in total. The highest BCUT2D eigenvalue weighted by Crippen LogP contribution is 2.39. The van der Waals surface area contributed by atoms with E-state index in [0.717, 1.165) is 60.8 Å². The molecule has 3 aliphatic heterocycles. The summed E-state index contributed by atoms with van der Waals surface area (Å²) < 4.78 is 29.5. The summed E-state index contributed by atoms with van der Waals surface area (Å²) in [6.45, 7) is 8.89. The zero-order valence-electron chi connectivity index (χ0n) is 22.5. The molecule has 4 atom stereocenters. The molecule has 3 aromatic rings. The van der Waals surface area contributed by atoms with Crippen LogP contribution in [0.15, 0.2) is 36.7 Å². The Morgan fingerprint density at radius 1 is 1.13 bits per heavy atom. The number of fused-ring (bicyclic) bond motifs is 3. The molecular formula is C28H36N6O3S. The fraction of sp³-hybridized carbons (Fsp3) is 0.536. The highest BCUT2D eigenvalue weighted by atomic mass is 32.2. The van der Waals surface area contributed by atoms with Gasteiger partial charge in [-0.2, -0.15) is 4.98 Å². The standard InChI is InChI=1S/C28H36N6O3S/c1-17(2)22-5-6-25(34-14-19(18(34)3)16-38(4,35)36)24-13-30-27(12-23(22)24)31-26-7-9-29-28(32-26)33-10-8-21-11-20(33)15-37-21/h5-7,9,12-13,17-21H,8,10-11,14-16H2,1-4H3,(H,29,30,31,32)/t18-,19-,20-,21+/m0/s1. The van der Waals surface area contributed by atoms with E-state index in [-0.39, 0.29) is 17.7 Å². The van der Waals surface area contributed by atoms with Crippen molar-refractivity contribution >= 4 is 43.9 Å². The van der Waals surface area contributed by atoms with E-state index in [0.29, 0.717) is 23.9 Å². The first-order valence-electron chi connectivity index (χ1n) is 13.5. The van der Waals surface area contributed by atoms with E-state index in [9.17, 15) is 8.42 Å². The lowest BCUT2D eigenvalue weighted by atomic mass is 9.88. The number of anilines is 4. The number of piperidine rings is 1. The van der Waals surface area contributed by atoms with Gasteiger partial charge in [0.05, 0.1) is 24.5 Å². The molecule has 0 saturated carbocycles. The highest BCUT2D eigenvalue weighted by molar-refractivity contribution is 7.90. The van der Waals surface area contributed by atoms with Crippen LogP contribution in [0.5, 0.6) is 0 Å². The van der Waals surface area contributed by atoms with Gasteiger partial charge in [-0.15, -0.1) is 0 Å². The van der Waals surface area contributed by atoms with E-state index in [1.807, 2.05) is 12.3 Å². The largest absolute Gasteiger partial charge is 0.376 e. The smallest absolute Gasteiger partial charge is 0.227 e. The van der Waals surface area contributed by atoms with Crippen molar-refractivity contribution < 1.29 is 13.2 Å². The second kappa shape index (κ2) is 9.64. The minimum atomic E-state index is -3.00. The van der Waals surface area contributed by atoms with Crippen LogP contribution < -0.4 is 15.1 Å². The van der Waals surface area contributed by atoms with Gasteiger partial charge in [0.25, 0.3) is 0 Å². The Labute approximate surface area is 224 Å². The molecule has 0 radical (unpaired) electrons. The fourth-order valence-corrected chi connectivity index (χ4v) is 7.34. The summed E-state index contributed by atoms with van der Waals surface area (Å²) in [5.41, 5.74) is 2.36. The quantitative estimate of drug-likeness (QED) is 0.478. The van der Waals surface area contributed by atoms with Gasteiger partial charge in [-0.05, 0) is 54.8 Å². The van der Waals surface area contributed by atoms with E-state index in [1.165, 1.54) is 11.8 Å². The minimum absolute atomic E-state index is 0.146. The van der Waals surface area contributed by atoms with Gasteiger partial charge in [0.15, 0.2) is 0 Å². The lowest BCUT2D eigenvalue weighted by molar-refractivity contribution is 0.111. The molecule has 1 aromatic carbocycles. The molecule has 3 fully saturated rings. The summed E-state index contributed by atoms with van der Waals surface area (Å²) in [5.74, 6) is 2.89. The van der Waals surface area contributed by atoms with Gasteiger partial charge in [0, 0.05) is 54.8 Å². The van der Waals surface area contributed by atoms with Crippen LogP contribution in [-0.4, -0.2) is 73.3 Å². The summed E-state index contributed by atoms with van der Waals surface area (Å²) in [6.07, 6.45) is 7.47. The molecule has 5 heterocycles. The first-order valence-corrected chi connectivity index (χ1v) is 15.6. The lowest BCUT2D eigenvalue weighted by Crippen LogP contribution is -2.57. The molecule has 0 unspecified atom stereocenters. The zero-order valence-corrected chi connectivity index (χ0v) is 23.3. The summed E-state index contributed by atoms with van der Waals surface area (Å²) in [7, 11) is -3.00. The van der Waals surface area contributed by atoms with Crippen LogP contribution in [-0.2, 0) is 14.6 Å². The van der Waals surface area contributed by atoms with Crippen LogP contribution in [0.2, 0.25) is 0 Å². The zero-order chi connectivity index (χ0) is 26.6. The second-order valence-corrected chi connectivity index (χ2v) is 13.6. The van der Waals surface area contributed by atoms with E-state index < -0.39 is 9.84 Å². The minimum Gasteiger partial charge on any atom is -0.376 e. The Balaban J connectivity index is 1.27. The monoisotopic (exact) mass is 536 g/mol. The molecule has 0 spiro atoms. The Morgan fingerprint density at radius 3 is 2.74 bits per heavy atom. The van der Waals surface area contributed by atoms with Crippen LogP contribution in [0.1, 0.15) is 45.1 Å². The Morgan fingerprint density at radius 2 is 1.97 bits per heavy atom. The maximum Gasteiger partial charge on any atom is 0.227 e. The van der Waals surface area contributed by atoms with E-state index in [1.54, 1.807) is 6.20 Å². The fourth-order valence-electron chi connectivity index (χ4n) is 6.18. The number of hydrogen-bond donors (Lipinski definition) is 1. The molecule has 10 heteroatoms. The molecule has 9 nitrogen and oxygen atoms in total. The van der Waals surface area contributed by atoms with E-state index in [2.05, 4.69) is 59.1 Å². The van der Waals surface area contributed by atoms with Crippen LogP contribution >= 0.6 is 0 Å². The molecule has 2 bridgehead atoms. The Hall–Kier alpha value is -2.98. The number of benzene rings is 1. The van der Waals surface area contributed by atoms with Crippen molar-refractivity contribution in [1.29, 1.82) is 0 Å². The first kappa shape index (κ1) is 25.3. The third-order valence-electron chi connectivity index (χ3n) is 8.31. The van der Waals surface area contributed by atoms with Gasteiger partial charge >= 0.3 is 0 Å². The normalized spacial score (nSPS) is 25.2. The number of pyridine rings is 1. The summed E-state index contributed by atoms with van der Waals surface area (Å²) >= 11 is 0. The first-order chi connectivity index (χ1) is 18.2. The molecule has 6 rings (SSSR count). The average molecular weight is 537 g/mol. The number of aromatic nitrogens is 3. The third kappa shape index (κ3) is 4.80. The number of sulfone groups is 1. The lowest BCUT2D eigenvalue weighted by Gasteiger charge is -2.48. The highest BCUT2D eigenvalue weighted by Gasteiger charge is 2.38. The maximum atomic E-state index is 11.8. The number of rotatable bonds is 7. The van der Waals surface area contributed by atoms with Gasteiger partial charge in [-0.3, -0.25) is 0 Å². The summed E-state index contributed by atoms with van der Waals surface area (Å²) in [6, 6.07) is 8.83. The van der Waals surface area contributed by atoms with Crippen LogP contribution in [0.4, 0.5) is 23.3 Å². The van der Waals surface area contributed by atoms with Crippen molar-refractivity contribution in [2.45, 2.75) is 57.7 Å². The molecular weight excluding hydrogens is 500 g/mol. The Kier molecular flexibility index (Phi) is 6.42. The number of nitrogens with one attached hydrogen (secondary N) is 1. The summed E-state index contributed by atoms with van der Waals surface area (Å²) in [5, 5.41) is 5.63. The summed E-state index contributed by atoms with van der Waals surface area (Å²) in [4.78, 5) is 18.7. The van der Waals surface area contributed by atoms with Crippen LogP contribution in [0.3, 0.4) is 0 Å². The predicted octanol–water partition coefficient (Wildman–Crippen LogP) is 4.13. The van der Waals surface area contributed by atoms with E-state index >= 15 is 0 Å². The van der Waals surface area contributed by atoms with Crippen molar-refractivity contribution in [2.24, 2.45) is 5.92 Å². The van der Waals surface area contributed by atoms with Crippen LogP contribution in [0, 0.1) is 5.92 Å². The van der Waals surface area contributed by atoms with Gasteiger partial charge in [0.2, 0.25) is 5.95 Å². The molecule has 2 aromatic heterocycles. The van der Waals surface area contributed by atoms with Gasteiger partial charge in [0.1, 0.15) is 21.5 Å². The van der Waals surface area contributed by atoms with Crippen molar-refractivity contribution in [3.8, 4) is 0 Å². The molecule has 0 amide bonds. The van der Waals surface area contributed by atoms with Crippen LogP contribution in [0.25, 0.3) is 10.8 Å². The average Bonchev–Trinajstić information content (AvgIpc) is 3.25. The van der Waals surface area contributed by atoms with Gasteiger partial charge in [-0.25, -0.2) is 18.4 Å². The van der Waals surface area contributed by atoms with Crippen molar-refractivity contribution in [1.82, 2.24) is 15.0 Å². The Bertz CT molecular complexity index is 1460. The van der Waals surface area contributed by atoms with Gasteiger partial charge < -0.3 is 19.9 Å². The van der Waals surface area contributed by atoms with Gasteiger partial charge in [-0.1, -0.05) is 19.9 Å². The molecule has 202 valence electrons. The number of nitrogens with zero attached hydrogens (tertiary/aromatic N) is 5. The van der Waals surface area contributed by atoms with Crippen molar-refractivity contribution in [3.05, 3.63) is 42.2 Å². The molecule has 0 aliphatic carbocycles. The second-order valence-electron chi connectivity index (χ2n) is 11.4. The van der Waals surface area contributed by atoms with Crippen molar-refractivity contribution in [2.75, 3.05) is 46.8 Å². The van der Waals surface area contributed by atoms with Crippen molar-refractivity contribution in [3.63, 3.8) is 0 Å². The number of ether oxygens (including phenoxy) is 1. The number of hydrogen-bond acceptors (Lipinski definition) is 9. The maximum absolute atomic E-state index is 11.8. The topological polar surface area (TPSA) is 101 Å². The van der Waals surface area contributed by atoms with E-state index in [4.69, 9.17) is 14.7 Å². The molecule has 3 saturated heterocycles. The molecule has 38 heavy (non-hydrogen) atoms.